The second kappa shape index (κ2) is 13.5. The molecule has 5 heterocycles. The highest BCUT2D eigenvalue weighted by atomic mass is 35.5. The summed E-state index contributed by atoms with van der Waals surface area (Å²) in [5.74, 6) is -1.24. The maximum absolute atomic E-state index is 14.3. The molecule has 3 aromatic heterocycles. The number of anilines is 3. The average Bonchev–Trinajstić information content (AvgIpc) is 3.53. The van der Waals surface area contributed by atoms with E-state index in [2.05, 4.69) is 20.4 Å². The number of nitrogens with zero attached hydrogens (tertiary/aromatic N) is 8. The fraction of sp³-hybridized carbons (Fsp3) is 0.419. The quantitative estimate of drug-likeness (QED) is 0.275. The van der Waals surface area contributed by atoms with Crippen molar-refractivity contribution in [1.82, 2.24) is 29.0 Å². The van der Waals surface area contributed by atoms with Gasteiger partial charge in [-0.25, -0.2) is 9.37 Å². The minimum absolute atomic E-state index is 0.0229. The molecule has 49 heavy (non-hydrogen) atoms. The van der Waals surface area contributed by atoms with Gasteiger partial charge in [0.2, 0.25) is 17.6 Å². The number of carbonyl (C=O) groups excluding carboxylic acids is 2. The molecule has 0 bridgehead atoms. The summed E-state index contributed by atoms with van der Waals surface area (Å²) in [6.07, 6.45) is -3.12. The number of hydrogen-bond acceptors (Lipinski definition) is 9. The van der Waals surface area contributed by atoms with Crippen molar-refractivity contribution in [1.29, 1.82) is 0 Å². The third-order valence-electron chi connectivity index (χ3n) is 8.54. The van der Waals surface area contributed by atoms with Crippen molar-refractivity contribution in [3.8, 4) is 5.75 Å². The molecule has 0 unspecified atom stereocenters. The predicted octanol–water partition coefficient (Wildman–Crippen LogP) is 3.77. The van der Waals surface area contributed by atoms with Crippen LogP contribution in [0.2, 0.25) is 5.02 Å². The highest BCUT2D eigenvalue weighted by molar-refractivity contribution is 6.33. The number of halogens is 5. The lowest BCUT2D eigenvalue weighted by Crippen LogP contribution is -2.51. The van der Waals surface area contributed by atoms with E-state index >= 15 is 0 Å². The summed E-state index contributed by atoms with van der Waals surface area (Å²) in [5, 5.41) is 16.8. The van der Waals surface area contributed by atoms with Crippen LogP contribution in [0.4, 0.5) is 34.9 Å². The van der Waals surface area contributed by atoms with Gasteiger partial charge in [-0.2, -0.15) is 22.7 Å². The molecule has 1 aromatic carbocycles. The normalized spacial score (nSPS) is 17.1. The van der Waals surface area contributed by atoms with E-state index in [1.807, 2.05) is 0 Å². The zero-order valence-electron chi connectivity index (χ0n) is 26.3. The zero-order chi connectivity index (χ0) is 35.0. The van der Waals surface area contributed by atoms with E-state index in [-0.39, 0.29) is 78.7 Å². The molecule has 2 amide bonds. The number of piperazine rings is 1. The summed E-state index contributed by atoms with van der Waals surface area (Å²) in [6, 6.07) is 5.45. The van der Waals surface area contributed by atoms with Crippen molar-refractivity contribution < 1.29 is 32.3 Å². The van der Waals surface area contributed by atoms with E-state index in [1.54, 1.807) is 16.7 Å². The Kier molecular flexibility index (Phi) is 9.37. The fourth-order valence-corrected chi connectivity index (χ4v) is 6.36. The third-order valence-corrected chi connectivity index (χ3v) is 8.85. The summed E-state index contributed by atoms with van der Waals surface area (Å²) in [5.41, 5.74) is -0.978. The van der Waals surface area contributed by atoms with Gasteiger partial charge in [0.25, 0.3) is 11.5 Å². The van der Waals surface area contributed by atoms with Crippen molar-refractivity contribution in [2.24, 2.45) is 0 Å². The second-order valence-corrected chi connectivity index (χ2v) is 12.1. The van der Waals surface area contributed by atoms with Gasteiger partial charge >= 0.3 is 6.18 Å². The summed E-state index contributed by atoms with van der Waals surface area (Å²) in [6.45, 7) is 2.69. The number of hydrogen-bond donors (Lipinski definition) is 2. The smallest absolute Gasteiger partial charge is 0.416 e. The second-order valence-electron chi connectivity index (χ2n) is 11.7. The summed E-state index contributed by atoms with van der Waals surface area (Å²) < 4.78 is 56.4. The van der Waals surface area contributed by atoms with E-state index in [4.69, 9.17) is 11.6 Å². The number of piperidine rings is 1. The highest BCUT2D eigenvalue weighted by Crippen LogP contribution is 2.34. The van der Waals surface area contributed by atoms with Crippen molar-refractivity contribution >= 4 is 46.5 Å². The van der Waals surface area contributed by atoms with Crippen LogP contribution in [0.5, 0.6) is 5.75 Å². The summed E-state index contributed by atoms with van der Waals surface area (Å²) in [7, 11) is 0. The van der Waals surface area contributed by atoms with Crippen molar-refractivity contribution in [3.63, 3.8) is 0 Å². The van der Waals surface area contributed by atoms with Gasteiger partial charge in [0.15, 0.2) is 5.69 Å². The van der Waals surface area contributed by atoms with Gasteiger partial charge in [-0.1, -0.05) is 18.5 Å². The van der Waals surface area contributed by atoms with Gasteiger partial charge in [-0.15, -0.1) is 5.10 Å². The molecule has 13 nitrogen and oxygen atoms in total. The van der Waals surface area contributed by atoms with Crippen LogP contribution in [0.15, 0.2) is 41.3 Å². The standard InChI is InChI=1S/C31H32ClF4N9O4/c1-2-22-26(41-11-13-42(14-12-41)27(48)25-23(46)6-3-9-37-25)28(49)45-30(39-29(40-45)43-10-4-5-19(33)16-43)44(22)17-24(47)38-21-8-7-18(15-20(21)32)31(34,35)36/h3,6-9,15,19,46H,2,4-5,10-14,16-17H2,1H3,(H,38,47)/t19-/m0/s1. The number of aromatic nitrogens is 5. The van der Waals surface area contributed by atoms with Crippen LogP contribution in [0.1, 0.15) is 41.5 Å². The fourth-order valence-electron chi connectivity index (χ4n) is 6.13. The van der Waals surface area contributed by atoms with Crippen LogP contribution >= 0.6 is 11.6 Å². The summed E-state index contributed by atoms with van der Waals surface area (Å²) in [4.78, 5) is 54.1. The van der Waals surface area contributed by atoms with E-state index in [1.165, 1.54) is 27.8 Å². The largest absolute Gasteiger partial charge is 0.505 e. The van der Waals surface area contributed by atoms with Gasteiger partial charge in [-0.05, 0) is 49.6 Å². The minimum atomic E-state index is -4.62. The first-order valence-corrected chi connectivity index (χ1v) is 16.0. The maximum Gasteiger partial charge on any atom is 0.416 e. The number of benzene rings is 1. The number of amides is 2. The number of aromatic hydroxyl groups is 1. The first kappa shape index (κ1) is 34.0. The Labute approximate surface area is 281 Å². The van der Waals surface area contributed by atoms with E-state index in [0.717, 1.165) is 16.6 Å². The Morgan fingerprint density at radius 3 is 2.51 bits per heavy atom. The monoisotopic (exact) mass is 705 g/mol. The van der Waals surface area contributed by atoms with E-state index < -0.39 is 41.8 Å². The molecule has 0 spiro atoms. The summed E-state index contributed by atoms with van der Waals surface area (Å²) >= 11 is 6.09. The molecular formula is C31H32ClF4N9O4. The topological polar surface area (TPSA) is 141 Å². The van der Waals surface area contributed by atoms with Gasteiger partial charge in [0, 0.05) is 38.9 Å². The Hall–Kier alpha value is -4.93. The van der Waals surface area contributed by atoms with Gasteiger partial charge < -0.3 is 29.7 Å². The molecule has 18 heteroatoms. The van der Waals surface area contributed by atoms with E-state index in [0.29, 0.717) is 31.1 Å². The van der Waals surface area contributed by atoms with Crippen LogP contribution in [-0.4, -0.2) is 91.4 Å². The van der Waals surface area contributed by atoms with Crippen molar-refractivity contribution in [2.45, 2.75) is 45.1 Å². The van der Waals surface area contributed by atoms with Crippen molar-refractivity contribution in [2.75, 3.05) is 54.4 Å². The molecule has 0 aliphatic carbocycles. The number of carbonyl (C=O) groups is 2. The lowest BCUT2D eigenvalue weighted by molar-refractivity contribution is -0.137. The van der Waals surface area contributed by atoms with Gasteiger partial charge in [-0.3, -0.25) is 14.4 Å². The van der Waals surface area contributed by atoms with Gasteiger partial charge in [0.05, 0.1) is 28.5 Å². The van der Waals surface area contributed by atoms with Gasteiger partial charge in [0.1, 0.15) is 24.2 Å². The lowest BCUT2D eigenvalue weighted by atomic mass is 10.1. The van der Waals surface area contributed by atoms with Crippen LogP contribution in [0.25, 0.3) is 5.78 Å². The molecule has 4 aromatic rings. The van der Waals surface area contributed by atoms with Crippen LogP contribution < -0.4 is 20.7 Å². The number of pyridine rings is 1. The molecule has 2 N–H and O–H groups in total. The van der Waals surface area contributed by atoms with Crippen molar-refractivity contribution in [3.05, 3.63) is 68.9 Å². The lowest BCUT2D eigenvalue weighted by Gasteiger charge is -2.36. The van der Waals surface area contributed by atoms with Crippen LogP contribution in [0.3, 0.4) is 0 Å². The first-order chi connectivity index (χ1) is 23.3. The minimum Gasteiger partial charge on any atom is -0.505 e. The molecule has 0 saturated carbocycles. The molecule has 6 rings (SSSR count). The number of fused-ring (bicyclic) bond motifs is 1. The Morgan fingerprint density at radius 1 is 1.10 bits per heavy atom. The highest BCUT2D eigenvalue weighted by Gasteiger charge is 2.33. The predicted molar refractivity (Wildman–Crippen MR) is 172 cm³/mol. The number of rotatable bonds is 7. The molecule has 260 valence electrons. The number of nitrogens with one attached hydrogen (secondary N) is 1. The Morgan fingerprint density at radius 2 is 1.86 bits per heavy atom. The van der Waals surface area contributed by atoms with E-state index in [9.17, 15) is 37.1 Å². The molecular weight excluding hydrogens is 674 g/mol. The number of alkyl halides is 4. The molecule has 0 radical (unpaired) electrons. The molecule has 2 aliphatic heterocycles. The molecule has 2 saturated heterocycles. The molecule has 2 fully saturated rings. The SMILES string of the molecule is CCc1c(N2CCN(C(=O)c3ncccc3O)CC2)c(=O)n2nc(N3CCC[C@H](F)C3)nc2n1CC(=O)Nc1ccc(C(F)(F)F)cc1Cl. The molecule has 1 atom stereocenters. The first-order valence-electron chi connectivity index (χ1n) is 15.6. The molecule has 2 aliphatic rings. The van der Waals surface area contributed by atoms with Crippen LogP contribution in [-0.2, 0) is 23.9 Å². The maximum atomic E-state index is 14.3. The van der Waals surface area contributed by atoms with Crippen LogP contribution in [0, 0.1) is 0 Å². The Bertz CT molecular complexity index is 1960. The zero-order valence-corrected chi connectivity index (χ0v) is 27.0. The third kappa shape index (κ3) is 6.84. The Balaban J connectivity index is 1.35. The average molecular weight is 706 g/mol.